The van der Waals surface area contributed by atoms with E-state index >= 15 is 0 Å². The Balaban J connectivity index is 1.58. The van der Waals surface area contributed by atoms with Crippen LogP contribution in [0.2, 0.25) is 0 Å². The number of oxazole rings is 1. The summed E-state index contributed by atoms with van der Waals surface area (Å²) >= 11 is 0.416. The second-order valence-corrected chi connectivity index (χ2v) is 6.41. The minimum Gasteiger partial charge on any atom is -0.497 e. The topological polar surface area (TPSA) is 61.6 Å². The van der Waals surface area contributed by atoms with Crippen LogP contribution in [0.5, 0.6) is 5.75 Å². The third-order valence-electron chi connectivity index (χ3n) is 3.56. The summed E-state index contributed by atoms with van der Waals surface area (Å²) in [4.78, 5) is 16.7. The van der Waals surface area contributed by atoms with Gasteiger partial charge in [0.05, 0.1) is 12.7 Å². The van der Waals surface area contributed by atoms with Gasteiger partial charge in [-0.2, -0.15) is 8.78 Å². The van der Waals surface area contributed by atoms with Crippen LogP contribution in [0.3, 0.4) is 0 Å². The van der Waals surface area contributed by atoms with Gasteiger partial charge in [0.2, 0.25) is 5.89 Å². The number of methoxy groups -OCH3 is 1. The third-order valence-corrected chi connectivity index (χ3v) is 4.28. The molecular formula is C19H15F2NO4S. The summed E-state index contributed by atoms with van der Waals surface area (Å²) in [6.07, 6.45) is 1.41. The number of hydrogen-bond acceptors (Lipinski definition) is 6. The summed E-state index contributed by atoms with van der Waals surface area (Å²) < 4.78 is 40.3. The number of carbonyl (C=O) groups is 1. The maximum atomic E-state index is 12.3. The van der Waals surface area contributed by atoms with Gasteiger partial charge in [-0.3, -0.25) is 0 Å². The summed E-state index contributed by atoms with van der Waals surface area (Å²) in [6.45, 7) is -0.0635. The van der Waals surface area contributed by atoms with Crippen LogP contribution in [0, 0.1) is 0 Å². The first-order chi connectivity index (χ1) is 13.0. The number of rotatable bonds is 7. The average Bonchev–Trinajstić information content (AvgIpc) is 3.15. The zero-order chi connectivity index (χ0) is 19.2. The van der Waals surface area contributed by atoms with Crippen LogP contribution < -0.4 is 4.74 Å². The fourth-order valence-corrected chi connectivity index (χ4v) is 2.73. The van der Waals surface area contributed by atoms with Crippen molar-refractivity contribution in [2.45, 2.75) is 17.3 Å². The Labute approximate surface area is 158 Å². The maximum absolute atomic E-state index is 12.3. The Morgan fingerprint density at radius 3 is 2.48 bits per heavy atom. The zero-order valence-electron chi connectivity index (χ0n) is 14.2. The van der Waals surface area contributed by atoms with E-state index in [2.05, 4.69) is 4.98 Å². The molecule has 5 nitrogen and oxygen atoms in total. The Morgan fingerprint density at radius 1 is 1.15 bits per heavy atom. The van der Waals surface area contributed by atoms with Gasteiger partial charge in [0, 0.05) is 10.5 Å². The van der Waals surface area contributed by atoms with Crippen LogP contribution in [0.1, 0.15) is 16.1 Å². The van der Waals surface area contributed by atoms with Crippen LogP contribution in [-0.4, -0.2) is 23.8 Å². The second kappa shape index (κ2) is 8.68. The fourth-order valence-electron chi connectivity index (χ4n) is 2.23. The van der Waals surface area contributed by atoms with Crippen LogP contribution in [0.25, 0.3) is 11.5 Å². The molecule has 0 aliphatic rings. The van der Waals surface area contributed by atoms with Crippen molar-refractivity contribution in [1.29, 1.82) is 0 Å². The standard InChI is InChI=1S/C19H15F2NO4S/c1-24-15-6-2-12(3-7-15)17-22-14(10-25-17)11-26-18(23)13-4-8-16(9-5-13)27-19(20)21/h2-10,19H,11H2,1H3. The molecule has 0 bridgehead atoms. The minimum absolute atomic E-state index is 0.0635. The Morgan fingerprint density at radius 2 is 1.85 bits per heavy atom. The number of hydrogen-bond donors (Lipinski definition) is 0. The Hall–Kier alpha value is -2.87. The lowest BCUT2D eigenvalue weighted by Gasteiger charge is -2.04. The first-order valence-electron chi connectivity index (χ1n) is 7.86. The Bertz CT molecular complexity index is 895. The molecule has 0 amide bonds. The molecule has 0 radical (unpaired) electrons. The van der Waals surface area contributed by atoms with Crippen molar-refractivity contribution in [3.05, 3.63) is 66.1 Å². The van der Waals surface area contributed by atoms with Gasteiger partial charge < -0.3 is 13.9 Å². The first kappa shape index (κ1) is 18.9. The van der Waals surface area contributed by atoms with Gasteiger partial charge in [0.25, 0.3) is 5.76 Å². The highest BCUT2D eigenvalue weighted by atomic mass is 32.2. The smallest absolute Gasteiger partial charge is 0.338 e. The van der Waals surface area contributed by atoms with E-state index in [1.54, 1.807) is 31.4 Å². The van der Waals surface area contributed by atoms with Crippen molar-refractivity contribution in [2.75, 3.05) is 7.11 Å². The van der Waals surface area contributed by atoms with Crippen LogP contribution in [0.4, 0.5) is 8.78 Å². The molecule has 0 spiro atoms. The average molecular weight is 391 g/mol. The highest BCUT2D eigenvalue weighted by Gasteiger charge is 2.12. The summed E-state index contributed by atoms with van der Waals surface area (Å²) in [5.41, 5.74) is 1.49. The molecule has 27 heavy (non-hydrogen) atoms. The monoisotopic (exact) mass is 391 g/mol. The highest BCUT2D eigenvalue weighted by molar-refractivity contribution is 7.99. The molecule has 2 aromatic carbocycles. The molecule has 3 aromatic rings. The number of aromatic nitrogens is 1. The van der Waals surface area contributed by atoms with Crippen molar-refractivity contribution in [2.24, 2.45) is 0 Å². The number of thioether (sulfide) groups is 1. The minimum atomic E-state index is -2.50. The van der Waals surface area contributed by atoms with Gasteiger partial charge >= 0.3 is 5.97 Å². The third kappa shape index (κ3) is 5.07. The molecule has 0 saturated heterocycles. The van der Waals surface area contributed by atoms with Crippen LogP contribution >= 0.6 is 11.8 Å². The van der Waals surface area contributed by atoms with E-state index in [4.69, 9.17) is 13.9 Å². The number of halogens is 2. The maximum Gasteiger partial charge on any atom is 0.338 e. The number of nitrogens with zero attached hydrogens (tertiary/aromatic N) is 1. The molecular weight excluding hydrogens is 376 g/mol. The van der Waals surface area contributed by atoms with E-state index in [9.17, 15) is 13.6 Å². The molecule has 0 fully saturated rings. The number of carbonyl (C=O) groups excluding carboxylic acids is 1. The quantitative estimate of drug-likeness (QED) is 0.416. The van der Waals surface area contributed by atoms with E-state index in [-0.39, 0.29) is 12.2 Å². The zero-order valence-corrected chi connectivity index (χ0v) is 15.0. The van der Waals surface area contributed by atoms with Crippen LogP contribution in [-0.2, 0) is 11.3 Å². The van der Waals surface area contributed by atoms with Gasteiger partial charge in [-0.1, -0.05) is 11.8 Å². The normalized spacial score (nSPS) is 10.8. The first-order valence-corrected chi connectivity index (χ1v) is 8.74. The van der Waals surface area contributed by atoms with Crippen molar-refractivity contribution >= 4 is 17.7 Å². The molecule has 8 heteroatoms. The molecule has 140 valence electrons. The van der Waals surface area contributed by atoms with Crippen LogP contribution in [0.15, 0.2) is 64.1 Å². The van der Waals surface area contributed by atoms with Gasteiger partial charge in [0.15, 0.2) is 0 Å². The van der Waals surface area contributed by atoms with Gasteiger partial charge in [-0.05, 0) is 48.5 Å². The van der Waals surface area contributed by atoms with E-state index in [0.717, 1.165) is 11.3 Å². The number of esters is 1. The molecule has 0 aliphatic carbocycles. The lowest BCUT2D eigenvalue weighted by atomic mass is 10.2. The van der Waals surface area contributed by atoms with E-state index in [0.29, 0.717) is 28.2 Å². The molecule has 0 saturated carbocycles. The summed E-state index contributed by atoms with van der Waals surface area (Å²) in [6, 6.07) is 13.0. The predicted molar refractivity (Wildman–Crippen MR) is 95.9 cm³/mol. The highest BCUT2D eigenvalue weighted by Crippen LogP contribution is 2.25. The number of benzene rings is 2. The largest absolute Gasteiger partial charge is 0.497 e. The van der Waals surface area contributed by atoms with Crippen molar-refractivity contribution < 1.29 is 27.5 Å². The van der Waals surface area contributed by atoms with E-state index in [1.807, 2.05) is 0 Å². The van der Waals surface area contributed by atoms with E-state index < -0.39 is 11.7 Å². The molecule has 1 heterocycles. The summed E-state index contributed by atoms with van der Waals surface area (Å²) in [7, 11) is 1.58. The van der Waals surface area contributed by atoms with Crippen molar-refractivity contribution in [3.63, 3.8) is 0 Å². The van der Waals surface area contributed by atoms with Gasteiger partial charge in [0.1, 0.15) is 24.3 Å². The van der Waals surface area contributed by atoms with Gasteiger partial charge in [-0.25, -0.2) is 9.78 Å². The lowest BCUT2D eigenvalue weighted by Crippen LogP contribution is -2.05. The summed E-state index contributed by atoms with van der Waals surface area (Å²) in [5.74, 6) is -1.96. The molecule has 0 N–H and O–H groups in total. The summed E-state index contributed by atoms with van der Waals surface area (Å²) in [5, 5.41) is 0. The van der Waals surface area contributed by atoms with Gasteiger partial charge in [-0.15, -0.1) is 0 Å². The molecule has 1 aromatic heterocycles. The molecule has 3 rings (SSSR count). The SMILES string of the molecule is COc1ccc(-c2nc(COC(=O)c3ccc(SC(F)F)cc3)co2)cc1. The Kier molecular flexibility index (Phi) is 6.08. The fraction of sp³-hybridized carbons (Fsp3) is 0.158. The number of alkyl halides is 2. The lowest BCUT2D eigenvalue weighted by molar-refractivity contribution is 0.0467. The predicted octanol–water partition coefficient (Wildman–Crippen LogP) is 5.02. The van der Waals surface area contributed by atoms with E-state index in [1.165, 1.54) is 30.5 Å². The molecule has 0 aliphatic heterocycles. The second-order valence-electron chi connectivity index (χ2n) is 5.35. The van der Waals surface area contributed by atoms with Crippen molar-refractivity contribution in [1.82, 2.24) is 4.98 Å². The van der Waals surface area contributed by atoms with Crippen molar-refractivity contribution in [3.8, 4) is 17.2 Å². The molecule has 0 atom stereocenters. The number of ether oxygens (including phenoxy) is 2. The molecule has 0 unspecified atom stereocenters.